The Hall–Kier alpha value is -2.74. The maximum absolute atomic E-state index is 12.2. The molecule has 1 aromatic carbocycles. The Morgan fingerprint density at radius 3 is 2.32 bits per heavy atom. The van der Waals surface area contributed by atoms with Crippen LogP contribution in [-0.2, 0) is 20.7 Å². The van der Waals surface area contributed by atoms with E-state index in [1.807, 2.05) is 24.3 Å². The Kier molecular flexibility index (Phi) is 6.41. The fraction of sp³-hybridized carbons (Fsp3) is 0.400. The summed E-state index contributed by atoms with van der Waals surface area (Å²) in [7, 11) is 0. The van der Waals surface area contributed by atoms with E-state index >= 15 is 0 Å². The van der Waals surface area contributed by atoms with Gasteiger partial charge in [0, 0.05) is 44.0 Å². The standard InChI is InChI=1S/C20H23N3O4S/c1-3-15-4-6-16(7-5-15)19-21-17(13-28-19)20(26)27-12-18(25)23-10-8-22(9-11-23)14(2)24/h4-7,13H,3,8-12H2,1-2H3. The highest BCUT2D eigenvalue weighted by molar-refractivity contribution is 7.13. The van der Waals surface area contributed by atoms with Crippen LogP contribution in [0.2, 0.25) is 0 Å². The van der Waals surface area contributed by atoms with Gasteiger partial charge in [0.1, 0.15) is 5.01 Å². The first kappa shape index (κ1) is 20.0. The number of aryl methyl sites for hydroxylation is 1. The lowest BCUT2D eigenvalue weighted by Crippen LogP contribution is -2.51. The zero-order valence-electron chi connectivity index (χ0n) is 16.0. The van der Waals surface area contributed by atoms with E-state index in [2.05, 4.69) is 11.9 Å². The van der Waals surface area contributed by atoms with Crippen LogP contribution in [0.15, 0.2) is 29.6 Å². The predicted octanol–water partition coefficient (Wildman–Crippen LogP) is 2.22. The lowest BCUT2D eigenvalue weighted by atomic mass is 10.1. The van der Waals surface area contributed by atoms with Crippen molar-refractivity contribution in [3.63, 3.8) is 0 Å². The minimum absolute atomic E-state index is 0.00203. The normalized spacial score (nSPS) is 14.1. The van der Waals surface area contributed by atoms with Gasteiger partial charge in [-0.05, 0) is 12.0 Å². The molecule has 2 heterocycles. The summed E-state index contributed by atoms with van der Waals surface area (Å²) in [4.78, 5) is 43.4. The first-order valence-electron chi connectivity index (χ1n) is 9.23. The van der Waals surface area contributed by atoms with Crippen molar-refractivity contribution in [2.24, 2.45) is 0 Å². The third kappa shape index (κ3) is 4.75. The molecule has 0 bridgehead atoms. The molecule has 2 amide bonds. The molecule has 0 atom stereocenters. The summed E-state index contributed by atoms with van der Waals surface area (Å²) in [6.45, 7) is 5.19. The fourth-order valence-corrected chi connectivity index (χ4v) is 3.74. The topological polar surface area (TPSA) is 79.8 Å². The molecular formula is C20H23N3O4S. The molecule has 1 aromatic heterocycles. The summed E-state index contributed by atoms with van der Waals surface area (Å²) < 4.78 is 5.14. The highest BCUT2D eigenvalue weighted by Crippen LogP contribution is 2.24. The first-order valence-corrected chi connectivity index (χ1v) is 10.1. The van der Waals surface area contributed by atoms with Crippen molar-refractivity contribution in [2.75, 3.05) is 32.8 Å². The Morgan fingerprint density at radius 1 is 1.07 bits per heavy atom. The van der Waals surface area contributed by atoms with Crippen molar-refractivity contribution in [1.82, 2.24) is 14.8 Å². The molecule has 0 unspecified atom stereocenters. The van der Waals surface area contributed by atoms with E-state index in [9.17, 15) is 14.4 Å². The van der Waals surface area contributed by atoms with E-state index in [0.29, 0.717) is 26.2 Å². The lowest BCUT2D eigenvalue weighted by Gasteiger charge is -2.34. The number of thiazole rings is 1. The average molecular weight is 401 g/mol. The van der Waals surface area contributed by atoms with Crippen LogP contribution in [0.1, 0.15) is 29.9 Å². The molecule has 1 fully saturated rings. The van der Waals surface area contributed by atoms with Gasteiger partial charge < -0.3 is 14.5 Å². The number of hydrogen-bond acceptors (Lipinski definition) is 6. The number of ether oxygens (including phenoxy) is 1. The number of hydrogen-bond donors (Lipinski definition) is 0. The summed E-state index contributed by atoms with van der Waals surface area (Å²) in [5, 5.41) is 2.38. The van der Waals surface area contributed by atoms with Gasteiger partial charge in [-0.15, -0.1) is 11.3 Å². The van der Waals surface area contributed by atoms with Gasteiger partial charge >= 0.3 is 5.97 Å². The largest absolute Gasteiger partial charge is 0.451 e. The van der Waals surface area contributed by atoms with Gasteiger partial charge in [-0.2, -0.15) is 0 Å². The quantitative estimate of drug-likeness (QED) is 0.718. The number of carbonyl (C=O) groups is 3. The van der Waals surface area contributed by atoms with Crippen LogP contribution in [-0.4, -0.2) is 65.4 Å². The molecule has 0 aliphatic carbocycles. The van der Waals surface area contributed by atoms with Crippen molar-refractivity contribution in [3.8, 4) is 10.6 Å². The lowest BCUT2D eigenvalue weighted by molar-refractivity contribution is -0.140. The second kappa shape index (κ2) is 8.97. The van der Waals surface area contributed by atoms with Gasteiger partial charge in [-0.25, -0.2) is 9.78 Å². The molecule has 8 heteroatoms. The molecule has 3 rings (SSSR count). The highest BCUT2D eigenvalue weighted by Gasteiger charge is 2.23. The Bertz CT molecular complexity index is 855. The molecular weight excluding hydrogens is 378 g/mol. The molecule has 148 valence electrons. The van der Waals surface area contributed by atoms with E-state index in [0.717, 1.165) is 17.0 Å². The maximum atomic E-state index is 12.2. The van der Waals surface area contributed by atoms with Gasteiger partial charge in [-0.1, -0.05) is 31.2 Å². The van der Waals surface area contributed by atoms with E-state index in [4.69, 9.17) is 4.74 Å². The van der Waals surface area contributed by atoms with Crippen molar-refractivity contribution in [2.45, 2.75) is 20.3 Å². The molecule has 28 heavy (non-hydrogen) atoms. The van der Waals surface area contributed by atoms with Crippen molar-refractivity contribution in [3.05, 3.63) is 40.9 Å². The SMILES string of the molecule is CCc1ccc(-c2nc(C(=O)OCC(=O)N3CCN(C(C)=O)CC3)cs2)cc1. The number of aromatic nitrogens is 1. The highest BCUT2D eigenvalue weighted by atomic mass is 32.1. The van der Waals surface area contributed by atoms with Crippen molar-refractivity contribution >= 4 is 29.1 Å². The number of esters is 1. The Balaban J connectivity index is 1.52. The minimum Gasteiger partial charge on any atom is -0.451 e. The monoisotopic (exact) mass is 401 g/mol. The number of amides is 2. The molecule has 0 spiro atoms. The summed E-state index contributed by atoms with van der Waals surface area (Å²) >= 11 is 1.36. The van der Waals surface area contributed by atoms with Crippen LogP contribution in [0.4, 0.5) is 0 Å². The summed E-state index contributed by atoms with van der Waals surface area (Å²) in [6.07, 6.45) is 0.966. The number of benzene rings is 1. The molecule has 7 nitrogen and oxygen atoms in total. The summed E-state index contributed by atoms with van der Waals surface area (Å²) in [5.41, 5.74) is 2.39. The molecule has 0 N–H and O–H groups in total. The van der Waals surface area contributed by atoms with Gasteiger partial charge in [-0.3, -0.25) is 9.59 Å². The zero-order valence-corrected chi connectivity index (χ0v) is 16.8. The van der Waals surface area contributed by atoms with Crippen LogP contribution in [0, 0.1) is 0 Å². The van der Waals surface area contributed by atoms with Crippen LogP contribution in [0.25, 0.3) is 10.6 Å². The van der Waals surface area contributed by atoms with Gasteiger partial charge in [0.15, 0.2) is 12.3 Å². The van der Waals surface area contributed by atoms with Crippen LogP contribution < -0.4 is 0 Å². The molecule has 1 aliphatic heterocycles. The maximum Gasteiger partial charge on any atom is 0.358 e. The number of nitrogens with zero attached hydrogens (tertiary/aromatic N) is 3. The van der Waals surface area contributed by atoms with E-state index < -0.39 is 5.97 Å². The second-order valence-electron chi connectivity index (χ2n) is 6.55. The third-order valence-corrected chi connectivity index (χ3v) is 5.62. The van der Waals surface area contributed by atoms with E-state index in [-0.39, 0.29) is 24.1 Å². The first-order chi connectivity index (χ1) is 13.5. The second-order valence-corrected chi connectivity index (χ2v) is 7.41. The van der Waals surface area contributed by atoms with Crippen molar-refractivity contribution < 1.29 is 19.1 Å². The minimum atomic E-state index is -0.608. The van der Waals surface area contributed by atoms with Crippen LogP contribution in [0.3, 0.4) is 0 Å². The van der Waals surface area contributed by atoms with Gasteiger partial charge in [0.2, 0.25) is 5.91 Å². The van der Waals surface area contributed by atoms with Gasteiger partial charge in [0.25, 0.3) is 5.91 Å². The molecule has 0 saturated carbocycles. The molecule has 0 radical (unpaired) electrons. The van der Waals surface area contributed by atoms with Gasteiger partial charge in [0.05, 0.1) is 0 Å². The van der Waals surface area contributed by atoms with Crippen LogP contribution in [0.5, 0.6) is 0 Å². The summed E-state index contributed by atoms with van der Waals surface area (Å²) in [6, 6.07) is 8.05. The Morgan fingerprint density at radius 2 is 1.71 bits per heavy atom. The fourth-order valence-electron chi connectivity index (χ4n) is 2.95. The van der Waals surface area contributed by atoms with E-state index in [1.165, 1.54) is 23.8 Å². The van der Waals surface area contributed by atoms with Crippen LogP contribution >= 0.6 is 11.3 Å². The Labute approximate surface area is 167 Å². The summed E-state index contributed by atoms with van der Waals surface area (Å²) in [5.74, 6) is -0.868. The number of carbonyl (C=O) groups excluding carboxylic acids is 3. The molecule has 2 aromatic rings. The smallest absolute Gasteiger partial charge is 0.358 e. The molecule has 1 saturated heterocycles. The van der Waals surface area contributed by atoms with Crippen molar-refractivity contribution in [1.29, 1.82) is 0 Å². The molecule has 1 aliphatic rings. The predicted molar refractivity (Wildman–Crippen MR) is 106 cm³/mol. The third-order valence-electron chi connectivity index (χ3n) is 4.73. The van der Waals surface area contributed by atoms with E-state index in [1.54, 1.807) is 15.2 Å². The number of piperazine rings is 1. The average Bonchev–Trinajstić information content (AvgIpc) is 3.22. The zero-order chi connectivity index (χ0) is 20.1. The number of rotatable bonds is 5.